The molecule has 0 aliphatic carbocycles. The second-order valence-electron chi connectivity index (χ2n) is 4.08. The number of aromatic amines is 1. The summed E-state index contributed by atoms with van der Waals surface area (Å²) in [5, 5.41) is 0. The standard InChI is InChI=1S/C12H14F2N2S2/c1-3-7(6-18-2)16-11-9(15-12(16)17)5-4-8(13)10(11)14/h4-5,7H,3,6H2,1-2H3,(H,15,17). The fraction of sp³-hybridized carbons (Fsp3) is 0.417. The highest BCUT2D eigenvalue weighted by Gasteiger charge is 2.18. The highest BCUT2D eigenvalue weighted by atomic mass is 32.2. The molecular formula is C12H14F2N2S2. The number of hydrogen-bond acceptors (Lipinski definition) is 2. The Labute approximate surface area is 113 Å². The van der Waals surface area contributed by atoms with Crippen LogP contribution in [-0.4, -0.2) is 21.6 Å². The normalized spacial score (nSPS) is 13.1. The number of hydrogen-bond donors (Lipinski definition) is 1. The lowest BCUT2D eigenvalue weighted by atomic mass is 10.2. The van der Waals surface area contributed by atoms with Gasteiger partial charge in [-0.1, -0.05) is 6.92 Å². The van der Waals surface area contributed by atoms with Gasteiger partial charge >= 0.3 is 0 Å². The minimum Gasteiger partial charge on any atom is -0.330 e. The summed E-state index contributed by atoms with van der Waals surface area (Å²) in [6.45, 7) is 2.01. The van der Waals surface area contributed by atoms with Crippen LogP contribution in [0.2, 0.25) is 0 Å². The van der Waals surface area contributed by atoms with Crippen LogP contribution in [0, 0.1) is 16.4 Å². The summed E-state index contributed by atoms with van der Waals surface area (Å²) in [6, 6.07) is 2.70. The third kappa shape index (κ3) is 2.19. The van der Waals surface area contributed by atoms with E-state index in [2.05, 4.69) is 4.98 Å². The van der Waals surface area contributed by atoms with E-state index in [1.54, 1.807) is 16.3 Å². The Morgan fingerprint density at radius 1 is 1.44 bits per heavy atom. The number of thioether (sulfide) groups is 1. The number of H-pyrrole nitrogens is 1. The summed E-state index contributed by atoms with van der Waals surface area (Å²) in [7, 11) is 0. The zero-order valence-electron chi connectivity index (χ0n) is 10.2. The van der Waals surface area contributed by atoms with Crippen LogP contribution >= 0.6 is 24.0 Å². The lowest BCUT2D eigenvalue weighted by Gasteiger charge is -2.16. The van der Waals surface area contributed by atoms with Crippen LogP contribution < -0.4 is 0 Å². The lowest BCUT2D eigenvalue weighted by molar-refractivity contribution is 0.497. The lowest BCUT2D eigenvalue weighted by Crippen LogP contribution is -2.11. The number of benzene rings is 1. The molecule has 6 heteroatoms. The average Bonchev–Trinajstić information content (AvgIpc) is 2.68. The molecule has 98 valence electrons. The first-order chi connectivity index (χ1) is 8.60. The van der Waals surface area contributed by atoms with Gasteiger partial charge in [0.1, 0.15) is 5.52 Å². The molecule has 0 fully saturated rings. The summed E-state index contributed by atoms with van der Waals surface area (Å²) in [5.74, 6) is -0.864. The zero-order chi connectivity index (χ0) is 13.3. The number of nitrogens with zero attached hydrogens (tertiary/aromatic N) is 1. The van der Waals surface area contributed by atoms with Crippen LogP contribution in [0.3, 0.4) is 0 Å². The minimum atomic E-state index is -0.843. The smallest absolute Gasteiger partial charge is 0.184 e. The maximum absolute atomic E-state index is 13.9. The third-order valence-corrected chi connectivity index (χ3v) is 3.98. The van der Waals surface area contributed by atoms with Gasteiger partial charge in [0, 0.05) is 11.8 Å². The molecule has 0 bridgehead atoms. The van der Waals surface area contributed by atoms with Crippen molar-refractivity contribution in [2.24, 2.45) is 0 Å². The quantitative estimate of drug-likeness (QED) is 0.847. The summed E-state index contributed by atoms with van der Waals surface area (Å²) >= 11 is 6.88. The van der Waals surface area contributed by atoms with Gasteiger partial charge in [-0.05, 0) is 37.0 Å². The summed E-state index contributed by atoms with van der Waals surface area (Å²) < 4.78 is 29.4. The molecule has 1 heterocycles. The number of imidazole rings is 1. The fourth-order valence-electron chi connectivity index (χ4n) is 2.07. The van der Waals surface area contributed by atoms with E-state index in [0.29, 0.717) is 10.3 Å². The van der Waals surface area contributed by atoms with Crippen LogP contribution in [0.25, 0.3) is 11.0 Å². The van der Waals surface area contributed by atoms with Crippen molar-refractivity contribution in [1.29, 1.82) is 0 Å². The maximum atomic E-state index is 13.9. The number of rotatable bonds is 4. The highest BCUT2D eigenvalue weighted by Crippen LogP contribution is 2.26. The second kappa shape index (κ2) is 5.40. The van der Waals surface area contributed by atoms with Gasteiger partial charge in [-0.3, -0.25) is 0 Å². The van der Waals surface area contributed by atoms with E-state index in [4.69, 9.17) is 12.2 Å². The van der Waals surface area contributed by atoms with Crippen LogP contribution in [0.15, 0.2) is 12.1 Å². The van der Waals surface area contributed by atoms with E-state index in [0.717, 1.165) is 18.2 Å². The molecule has 0 amide bonds. The van der Waals surface area contributed by atoms with Crippen LogP contribution in [0.5, 0.6) is 0 Å². The van der Waals surface area contributed by atoms with E-state index in [1.807, 2.05) is 13.2 Å². The van der Waals surface area contributed by atoms with E-state index in [1.165, 1.54) is 6.07 Å². The maximum Gasteiger partial charge on any atom is 0.184 e. The predicted molar refractivity (Wildman–Crippen MR) is 74.7 cm³/mol. The summed E-state index contributed by atoms with van der Waals surface area (Å²) in [6.07, 6.45) is 2.80. The molecule has 1 atom stereocenters. The van der Waals surface area contributed by atoms with Crippen molar-refractivity contribution in [2.45, 2.75) is 19.4 Å². The molecule has 18 heavy (non-hydrogen) atoms. The molecule has 2 aromatic rings. The molecule has 0 saturated carbocycles. The number of halogens is 2. The van der Waals surface area contributed by atoms with Crippen molar-refractivity contribution < 1.29 is 8.78 Å². The average molecular weight is 288 g/mol. The molecule has 1 aromatic carbocycles. The molecule has 1 unspecified atom stereocenters. The first kappa shape index (κ1) is 13.5. The Morgan fingerprint density at radius 3 is 2.78 bits per heavy atom. The van der Waals surface area contributed by atoms with Crippen molar-refractivity contribution in [3.63, 3.8) is 0 Å². The molecule has 0 spiro atoms. The van der Waals surface area contributed by atoms with Gasteiger partial charge in [-0.15, -0.1) is 0 Å². The molecule has 2 rings (SSSR count). The van der Waals surface area contributed by atoms with Gasteiger partial charge in [-0.2, -0.15) is 11.8 Å². The predicted octanol–water partition coefficient (Wildman–Crippen LogP) is 4.29. The molecule has 1 N–H and O–H groups in total. The van der Waals surface area contributed by atoms with Crippen molar-refractivity contribution in [2.75, 3.05) is 12.0 Å². The molecule has 0 aliphatic heterocycles. The summed E-state index contributed by atoms with van der Waals surface area (Å²) in [5.41, 5.74) is 0.777. The van der Waals surface area contributed by atoms with Crippen LogP contribution in [0.4, 0.5) is 8.78 Å². The molecular weight excluding hydrogens is 274 g/mol. The number of nitrogens with one attached hydrogen (secondary N) is 1. The topological polar surface area (TPSA) is 20.7 Å². The van der Waals surface area contributed by atoms with Crippen molar-refractivity contribution in [3.8, 4) is 0 Å². The molecule has 0 radical (unpaired) electrons. The Morgan fingerprint density at radius 2 is 2.17 bits per heavy atom. The van der Waals surface area contributed by atoms with Gasteiger partial charge in [-0.25, -0.2) is 8.78 Å². The van der Waals surface area contributed by atoms with Gasteiger partial charge in [0.2, 0.25) is 0 Å². The van der Waals surface area contributed by atoms with Crippen molar-refractivity contribution in [1.82, 2.24) is 9.55 Å². The van der Waals surface area contributed by atoms with E-state index in [-0.39, 0.29) is 11.6 Å². The SMILES string of the molecule is CCC(CSC)n1c(=S)[nH]c2ccc(F)c(F)c21. The second-order valence-corrected chi connectivity index (χ2v) is 5.37. The Bertz CT molecular complexity index is 618. The number of aromatic nitrogens is 2. The Hall–Kier alpha value is -0.880. The van der Waals surface area contributed by atoms with Crippen LogP contribution in [-0.2, 0) is 0 Å². The van der Waals surface area contributed by atoms with Gasteiger partial charge in [0.25, 0.3) is 0 Å². The molecule has 0 aliphatic rings. The highest BCUT2D eigenvalue weighted by molar-refractivity contribution is 7.98. The fourth-order valence-corrected chi connectivity index (χ4v) is 3.19. The first-order valence-corrected chi connectivity index (χ1v) is 7.47. The van der Waals surface area contributed by atoms with Crippen molar-refractivity contribution >= 4 is 35.0 Å². The summed E-state index contributed by atoms with van der Waals surface area (Å²) in [4.78, 5) is 2.93. The molecule has 1 aromatic heterocycles. The Balaban J connectivity index is 2.72. The van der Waals surface area contributed by atoms with E-state index < -0.39 is 11.6 Å². The zero-order valence-corrected chi connectivity index (χ0v) is 11.8. The van der Waals surface area contributed by atoms with Crippen molar-refractivity contribution in [3.05, 3.63) is 28.5 Å². The van der Waals surface area contributed by atoms with Crippen LogP contribution in [0.1, 0.15) is 19.4 Å². The van der Waals surface area contributed by atoms with Gasteiger partial charge < -0.3 is 9.55 Å². The van der Waals surface area contributed by atoms with Gasteiger partial charge in [0.15, 0.2) is 16.4 Å². The minimum absolute atomic E-state index is 0.0672. The number of fused-ring (bicyclic) bond motifs is 1. The third-order valence-electron chi connectivity index (χ3n) is 2.97. The monoisotopic (exact) mass is 288 g/mol. The Kier molecular flexibility index (Phi) is 4.07. The molecule has 0 saturated heterocycles. The van der Waals surface area contributed by atoms with Gasteiger partial charge in [0.05, 0.1) is 5.52 Å². The first-order valence-electron chi connectivity index (χ1n) is 5.67. The van der Waals surface area contributed by atoms with E-state index in [9.17, 15) is 8.78 Å². The largest absolute Gasteiger partial charge is 0.330 e. The molecule has 2 nitrogen and oxygen atoms in total. The van der Waals surface area contributed by atoms with E-state index >= 15 is 0 Å².